The molecule has 2 heterocycles. The second-order valence-corrected chi connectivity index (χ2v) is 6.12. The van der Waals surface area contributed by atoms with E-state index in [9.17, 15) is 4.79 Å². The van der Waals surface area contributed by atoms with E-state index in [0.717, 1.165) is 37.4 Å². The van der Waals surface area contributed by atoms with Crippen LogP contribution in [0, 0.1) is 0 Å². The molecule has 120 valence electrons. The Morgan fingerprint density at radius 2 is 1.74 bits per heavy atom. The molecule has 1 atom stereocenters. The van der Waals surface area contributed by atoms with Crippen molar-refractivity contribution in [3.63, 3.8) is 0 Å². The van der Waals surface area contributed by atoms with Crippen molar-refractivity contribution in [3.05, 3.63) is 66.0 Å². The second-order valence-electron chi connectivity index (χ2n) is 6.12. The molecular weight excluding hydrogens is 286 g/mol. The van der Waals surface area contributed by atoms with Crippen molar-refractivity contribution in [3.8, 4) is 0 Å². The maximum atomic E-state index is 13.1. The molecule has 1 aromatic heterocycles. The summed E-state index contributed by atoms with van der Waals surface area (Å²) in [7, 11) is 2.10. The van der Waals surface area contributed by atoms with Crippen LogP contribution in [-0.2, 0) is 11.2 Å². The molecule has 1 saturated heterocycles. The number of hydrogen-bond acceptors (Lipinski definition) is 3. The highest BCUT2D eigenvalue weighted by atomic mass is 16.2. The molecule has 0 saturated carbocycles. The molecule has 4 nitrogen and oxygen atoms in total. The van der Waals surface area contributed by atoms with Gasteiger partial charge in [0.15, 0.2) is 0 Å². The Kier molecular flexibility index (Phi) is 5.03. The minimum absolute atomic E-state index is 0.158. The largest absolute Gasteiger partial charge is 0.340 e. The topological polar surface area (TPSA) is 36.4 Å². The first-order valence-corrected chi connectivity index (χ1v) is 8.16. The fourth-order valence-electron chi connectivity index (χ4n) is 3.01. The zero-order chi connectivity index (χ0) is 16.1. The lowest BCUT2D eigenvalue weighted by Crippen LogP contribution is -2.48. The van der Waals surface area contributed by atoms with Crippen molar-refractivity contribution < 1.29 is 4.79 Å². The summed E-state index contributed by atoms with van der Waals surface area (Å²) in [4.78, 5) is 21.8. The number of carbonyl (C=O) groups excluding carboxylic acids is 1. The van der Waals surface area contributed by atoms with E-state index in [2.05, 4.69) is 16.9 Å². The summed E-state index contributed by atoms with van der Waals surface area (Å²) in [5, 5.41) is 0. The van der Waals surface area contributed by atoms with Gasteiger partial charge in [0.05, 0.1) is 5.92 Å². The number of benzene rings is 1. The van der Waals surface area contributed by atoms with Crippen LogP contribution in [0.4, 0.5) is 0 Å². The molecule has 1 amide bonds. The standard InChI is InChI=1S/C19H23N3O/c1-21-11-13-22(14-12-21)19(23)18(16-7-3-2-4-8-16)15-17-9-5-6-10-20-17/h2-10,18H,11-15H2,1H3. The highest BCUT2D eigenvalue weighted by molar-refractivity contribution is 5.84. The molecule has 4 heteroatoms. The highest BCUT2D eigenvalue weighted by Gasteiger charge is 2.28. The Hall–Kier alpha value is -2.20. The normalized spacial score (nSPS) is 17.0. The van der Waals surface area contributed by atoms with Crippen LogP contribution in [0.5, 0.6) is 0 Å². The molecule has 0 N–H and O–H groups in total. The van der Waals surface area contributed by atoms with Crippen LogP contribution in [-0.4, -0.2) is 53.9 Å². The second kappa shape index (κ2) is 7.38. The third kappa shape index (κ3) is 3.96. The molecule has 0 bridgehead atoms. The average molecular weight is 309 g/mol. The predicted octanol–water partition coefficient (Wildman–Crippen LogP) is 2.18. The minimum atomic E-state index is -0.158. The molecule has 0 radical (unpaired) electrons. The fraction of sp³-hybridized carbons (Fsp3) is 0.368. The molecule has 1 aromatic carbocycles. The molecule has 0 aliphatic carbocycles. The summed E-state index contributed by atoms with van der Waals surface area (Å²) in [6.45, 7) is 3.50. The van der Waals surface area contributed by atoms with Gasteiger partial charge in [0.25, 0.3) is 0 Å². The Morgan fingerprint density at radius 1 is 1.04 bits per heavy atom. The number of likely N-dealkylation sites (N-methyl/N-ethyl adjacent to an activating group) is 1. The van der Waals surface area contributed by atoms with Crippen LogP contribution in [0.1, 0.15) is 17.2 Å². The van der Waals surface area contributed by atoms with Gasteiger partial charge in [-0.05, 0) is 24.7 Å². The van der Waals surface area contributed by atoms with Crippen LogP contribution in [0.25, 0.3) is 0 Å². The third-order valence-corrected chi connectivity index (χ3v) is 4.45. The predicted molar refractivity (Wildman–Crippen MR) is 91.2 cm³/mol. The number of aromatic nitrogens is 1. The van der Waals surface area contributed by atoms with Crippen LogP contribution < -0.4 is 0 Å². The molecular formula is C19H23N3O. The van der Waals surface area contributed by atoms with Crippen molar-refractivity contribution in [1.29, 1.82) is 0 Å². The van der Waals surface area contributed by atoms with E-state index in [0.29, 0.717) is 6.42 Å². The first-order valence-electron chi connectivity index (χ1n) is 8.16. The highest BCUT2D eigenvalue weighted by Crippen LogP contribution is 2.23. The Morgan fingerprint density at radius 3 is 2.39 bits per heavy atom. The Labute approximate surface area is 137 Å². The van der Waals surface area contributed by atoms with Gasteiger partial charge in [-0.1, -0.05) is 36.4 Å². The van der Waals surface area contributed by atoms with Crippen molar-refractivity contribution in [2.75, 3.05) is 33.2 Å². The van der Waals surface area contributed by atoms with E-state index in [-0.39, 0.29) is 11.8 Å². The zero-order valence-electron chi connectivity index (χ0n) is 13.6. The number of amides is 1. The molecule has 1 aliphatic rings. The summed E-state index contributed by atoms with van der Waals surface area (Å²) in [5.74, 6) is 0.0597. The van der Waals surface area contributed by atoms with Gasteiger partial charge >= 0.3 is 0 Å². The van der Waals surface area contributed by atoms with E-state index in [4.69, 9.17) is 0 Å². The molecule has 3 rings (SSSR count). The number of nitrogens with zero attached hydrogens (tertiary/aromatic N) is 3. The summed E-state index contributed by atoms with van der Waals surface area (Å²) < 4.78 is 0. The summed E-state index contributed by atoms with van der Waals surface area (Å²) in [6, 6.07) is 15.9. The molecule has 2 aromatic rings. The van der Waals surface area contributed by atoms with Crippen LogP contribution in [0.2, 0.25) is 0 Å². The number of rotatable bonds is 4. The molecule has 0 spiro atoms. The van der Waals surface area contributed by atoms with Gasteiger partial charge in [0.1, 0.15) is 0 Å². The Bertz CT molecular complexity index is 622. The molecule has 1 aliphatic heterocycles. The number of piperazine rings is 1. The summed E-state index contributed by atoms with van der Waals surface area (Å²) >= 11 is 0. The number of pyridine rings is 1. The van der Waals surface area contributed by atoms with Gasteiger partial charge in [0.2, 0.25) is 5.91 Å². The minimum Gasteiger partial charge on any atom is -0.340 e. The maximum absolute atomic E-state index is 13.1. The van der Waals surface area contributed by atoms with Gasteiger partial charge in [-0.15, -0.1) is 0 Å². The monoisotopic (exact) mass is 309 g/mol. The molecule has 1 fully saturated rings. The first kappa shape index (κ1) is 15.7. The van der Waals surface area contributed by atoms with Gasteiger partial charge < -0.3 is 9.80 Å². The van der Waals surface area contributed by atoms with E-state index in [1.54, 1.807) is 6.20 Å². The summed E-state index contributed by atoms with van der Waals surface area (Å²) in [6.07, 6.45) is 2.44. The Balaban J connectivity index is 1.81. The van der Waals surface area contributed by atoms with E-state index in [1.165, 1.54) is 0 Å². The third-order valence-electron chi connectivity index (χ3n) is 4.45. The quantitative estimate of drug-likeness (QED) is 0.868. The average Bonchev–Trinajstić information content (AvgIpc) is 2.61. The van der Waals surface area contributed by atoms with Crippen molar-refractivity contribution in [2.24, 2.45) is 0 Å². The van der Waals surface area contributed by atoms with E-state index >= 15 is 0 Å². The van der Waals surface area contributed by atoms with Crippen LogP contribution in [0.3, 0.4) is 0 Å². The van der Waals surface area contributed by atoms with E-state index < -0.39 is 0 Å². The van der Waals surface area contributed by atoms with Crippen molar-refractivity contribution in [2.45, 2.75) is 12.3 Å². The lowest BCUT2D eigenvalue weighted by molar-refractivity contribution is -0.134. The van der Waals surface area contributed by atoms with Gasteiger partial charge in [-0.3, -0.25) is 9.78 Å². The molecule has 23 heavy (non-hydrogen) atoms. The van der Waals surface area contributed by atoms with Gasteiger partial charge in [0, 0.05) is 44.5 Å². The SMILES string of the molecule is CN1CCN(C(=O)C(Cc2ccccn2)c2ccccc2)CC1. The van der Waals surface area contributed by atoms with Crippen molar-refractivity contribution >= 4 is 5.91 Å². The van der Waals surface area contributed by atoms with Gasteiger partial charge in [-0.25, -0.2) is 0 Å². The smallest absolute Gasteiger partial charge is 0.230 e. The first-order chi connectivity index (χ1) is 11.2. The molecule has 1 unspecified atom stereocenters. The maximum Gasteiger partial charge on any atom is 0.230 e. The lowest BCUT2D eigenvalue weighted by atomic mass is 9.92. The summed E-state index contributed by atoms with van der Waals surface area (Å²) in [5.41, 5.74) is 2.03. The van der Waals surface area contributed by atoms with Crippen LogP contribution >= 0.6 is 0 Å². The van der Waals surface area contributed by atoms with E-state index in [1.807, 2.05) is 53.4 Å². The number of hydrogen-bond donors (Lipinski definition) is 0. The zero-order valence-corrected chi connectivity index (χ0v) is 13.6. The fourth-order valence-corrected chi connectivity index (χ4v) is 3.01. The van der Waals surface area contributed by atoms with Crippen LogP contribution in [0.15, 0.2) is 54.7 Å². The number of carbonyl (C=O) groups is 1. The van der Waals surface area contributed by atoms with Gasteiger partial charge in [-0.2, -0.15) is 0 Å². The van der Waals surface area contributed by atoms with Crippen molar-refractivity contribution in [1.82, 2.24) is 14.8 Å². The lowest BCUT2D eigenvalue weighted by Gasteiger charge is -2.34.